The standard InChI is InChI=1S/C15H11FN2O3S2/c16-9-1-3-10(4-2-9)23-8-13(19)21-7-12-17-11-5-6-22-14(11)15(20)18-12/h1-6H,7-8H2,(H,17,18,20). The van der Waals surface area contributed by atoms with Crippen LogP contribution >= 0.6 is 23.1 Å². The normalized spacial score (nSPS) is 10.8. The van der Waals surface area contributed by atoms with Gasteiger partial charge in [0.25, 0.3) is 5.56 Å². The van der Waals surface area contributed by atoms with Gasteiger partial charge in [-0.15, -0.1) is 23.1 Å². The Morgan fingerprint density at radius 1 is 1.30 bits per heavy atom. The highest BCUT2D eigenvalue weighted by Gasteiger charge is 2.09. The van der Waals surface area contributed by atoms with Crippen LogP contribution in [-0.4, -0.2) is 21.7 Å². The summed E-state index contributed by atoms with van der Waals surface area (Å²) >= 11 is 2.56. The molecule has 0 aliphatic heterocycles. The molecule has 0 atom stereocenters. The van der Waals surface area contributed by atoms with Gasteiger partial charge in [-0.05, 0) is 35.7 Å². The lowest BCUT2D eigenvalue weighted by molar-refractivity contribution is -0.141. The molecule has 5 nitrogen and oxygen atoms in total. The number of halogens is 1. The number of fused-ring (bicyclic) bond motifs is 1. The highest BCUT2D eigenvalue weighted by atomic mass is 32.2. The van der Waals surface area contributed by atoms with Gasteiger partial charge in [0.2, 0.25) is 0 Å². The summed E-state index contributed by atoms with van der Waals surface area (Å²) in [6.07, 6.45) is 0. The van der Waals surface area contributed by atoms with Crippen molar-refractivity contribution in [3.63, 3.8) is 0 Å². The third-order valence-corrected chi connectivity index (χ3v) is 4.79. The summed E-state index contributed by atoms with van der Waals surface area (Å²) in [5.41, 5.74) is 0.349. The molecule has 3 rings (SSSR count). The number of benzene rings is 1. The van der Waals surface area contributed by atoms with E-state index in [-0.39, 0.29) is 23.7 Å². The average molecular weight is 350 g/mol. The predicted octanol–water partition coefficient (Wildman–Crippen LogP) is 2.96. The molecule has 0 saturated carbocycles. The summed E-state index contributed by atoms with van der Waals surface area (Å²) in [5.74, 6) is -0.361. The van der Waals surface area contributed by atoms with E-state index in [2.05, 4.69) is 9.97 Å². The van der Waals surface area contributed by atoms with Gasteiger partial charge in [-0.3, -0.25) is 9.59 Å². The van der Waals surface area contributed by atoms with E-state index in [9.17, 15) is 14.0 Å². The summed E-state index contributed by atoms with van der Waals surface area (Å²) in [6, 6.07) is 7.59. The maximum atomic E-state index is 12.8. The van der Waals surface area contributed by atoms with E-state index in [1.807, 2.05) is 0 Å². The Morgan fingerprint density at radius 3 is 2.87 bits per heavy atom. The van der Waals surface area contributed by atoms with Gasteiger partial charge in [0.05, 0.1) is 11.3 Å². The summed E-state index contributed by atoms with van der Waals surface area (Å²) in [7, 11) is 0. The van der Waals surface area contributed by atoms with Gasteiger partial charge >= 0.3 is 5.97 Å². The number of thioether (sulfide) groups is 1. The first kappa shape index (κ1) is 15.7. The van der Waals surface area contributed by atoms with Crippen molar-refractivity contribution in [1.29, 1.82) is 0 Å². The molecular formula is C15H11FN2O3S2. The van der Waals surface area contributed by atoms with Gasteiger partial charge in [-0.2, -0.15) is 0 Å². The van der Waals surface area contributed by atoms with Crippen molar-refractivity contribution in [3.8, 4) is 0 Å². The first-order valence-electron chi connectivity index (χ1n) is 6.62. The molecule has 118 valence electrons. The molecular weight excluding hydrogens is 339 g/mol. The largest absolute Gasteiger partial charge is 0.457 e. The smallest absolute Gasteiger partial charge is 0.316 e. The van der Waals surface area contributed by atoms with Crippen LogP contribution in [0, 0.1) is 5.82 Å². The number of carbonyl (C=O) groups is 1. The number of ether oxygens (including phenoxy) is 1. The van der Waals surface area contributed by atoms with Gasteiger partial charge in [0.1, 0.15) is 22.9 Å². The Kier molecular flexibility index (Phi) is 4.73. The second-order valence-electron chi connectivity index (χ2n) is 4.55. The van der Waals surface area contributed by atoms with Crippen molar-refractivity contribution < 1.29 is 13.9 Å². The molecule has 0 saturated heterocycles. The molecule has 0 amide bonds. The summed E-state index contributed by atoms with van der Waals surface area (Å²) in [6.45, 7) is -0.0934. The van der Waals surface area contributed by atoms with Crippen molar-refractivity contribution in [2.45, 2.75) is 11.5 Å². The summed E-state index contributed by atoms with van der Waals surface area (Å²) in [5, 5.41) is 1.78. The topological polar surface area (TPSA) is 72.0 Å². The van der Waals surface area contributed by atoms with Crippen LogP contribution in [0.15, 0.2) is 45.4 Å². The lowest BCUT2D eigenvalue weighted by Gasteiger charge is -2.04. The summed E-state index contributed by atoms with van der Waals surface area (Å²) < 4.78 is 18.4. The van der Waals surface area contributed by atoms with E-state index in [4.69, 9.17) is 4.74 Å². The number of nitrogens with one attached hydrogen (secondary N) is 1. The fraction of sp³-hybridized carbons (Fsp3) is 0.133. The van der Waals surface area contributed by atoms with Crippen LogP contribution in [0.5, 0.6) is 0 Å². The van der Waals surface area contributed by atoms with Crippen molar-refractivity contribution in [2.75, 3.05) is 5.75 Å². The van der Waals surface area contributed by atoms with E-state index in [0.29, 0.717) is 16.0 Å². The zero-order valence-corrected chi connectivity index (χ0v) is 13.4. The number of nitrogens with zero attached hydrogens (tertiary/aromatic N) is 1. The number of esters is 1. The molecule has 2 heterocycles. The Bertz CT molecular complexity index is 890. The van der Waals surface area contributed by atoms with Crippen molar-refractivity contribution in [3.05, 3.63) is 57.7 Å². The highest BCUT2D eigenvalue weighted by Crippen LogP contribution is 2.18. The zero-order valence-electron chi connectivity index (χ0n) is 11.7. The second-order valence-corrected chi connectivity index (χ2v) is 6.52. The Balaban J connectivity index is 1.55. The van der Waals surface area contributed by atoms with Gasteiger partial charge in [-0.25, -0.2) is 9.37 Å². The monoisotopic (exact) mass is 350 g/mol. The Labute approximate surface area is 138 Å². The molecule has 2 aromatic heterocycles. The first-order valence-corrected chi connectivity index (χ1v) is 8.49. The van der Waals surface area contributed by atoms with E-state index in [0.717, 1.165) is 4.90 Å². The van der Waals surface area contributed by atoms with Crippen LogP contribution in [0.4, 0.5) is 4.39 Å². The van der Waals surface area contributed by atoms with Gasteiger partial charge < -0.3 is 9.72 Å². The molecule has 23 heavy (non-hydrogen) atoms. The van der Waals surface area contributed by atoms with Crippen LogP contribution < -0.4 is 5.56 Å². The molecule has 8 heteroatoms. The van der Waals surface area contributed by atoms with Crippen LogP contribution in [0.2, 0.25) is 0 Å². The minimum Gasteiger partial charge on any atom is -0.457 e. The first-order chi connectivity index (χ1) is 11.1. The highest BCUT2D eigenvalue weighted by molar-refractivity contribution is 8.00. The molecule has 0 aliphatic carbocycles. The zero-order chi connectivity index (χ0) is 16.2. The number of H-pyrrole nitrogens is 1. The lowest BCUT2D eigenvalue weighted by Crippen LogP contribution is -2.14. The van der Waals surface area contributed by atoms with Crippen LogP contribution in [0.25, 0.3) is 10.2 Å². The van der Waals surface area contributed by atoms with Crippen molar-refractivity contribution >= 4 is 39.3 Å². The Morgan fingerprint density at radius 2 is 2.09 bits per heavy atom. The maximum Gasteiger partial charge on any atom is 0.316 e. The van der Waals surface area contributed by atoms with Crippen molar-refractivity contribution in [1.82, 2.24) is 9.97 Å². The van der Waals surface area contributed by atoms with Crippen molar-refractivity contribution in [2.24, 2.45) is 0 Å². The molecule has 0 unspecified atom stereocenters. The number of carbonyl (C=O) groups excluding carboxylic acids is 1. The van der Waals surface area contributed by atoms with E-state index in [1.54, 1.807) is 23.6 Å². The predicted molar refractivity (Wildman–Crippen MR) is 87.2 cm³/mol. The quantitative estimate of drug-likeness (QED) is 0.566. The molecule has 1 aromatic carbocycles. The molecule has 0 spiro atoms. The molecule has 0 aliphatic rings. The molecule has 3 aromatic rings. The fourth-order valence-electron chi connectivity index (χ4n) is 1.85. The van der Waals surface area contributed by atoms with Gasteiger partial charge in [0.15, 0.2) is 0 Å². The average Bonchev–Trinajstić information content (AvgIpc) is 3.01. The lowest BCUT2D eigenvalue weighted by atomic mass is 10.4. The molecule has 0 radical (unpaired) electrons. The summed E-state index contributed by atoms with van der Waals surface area (Å²) in [4.78, 5) is 31.1. The van der Waals surface area contributed by atoms with Gasteiger partial charge in [0, 0.05) is 4.90 Å². The number of aromatic amines is 1. The molecule has 0 fully saturated rings. The number of rotatable bonds is 5. The fourth-order valence-corrected chi connectivity index (χ4v) is 3.28. The minimum atomic E-state index is -0.438. The number of aromatic nitrogens is 2. The van der Waals surface area contributed by atoms with Crippen LogP contribution in [0.3, 0.4) is 0 Å². The van der Waals surface area contributed by atoms with E-state index in [1.165, 1.54) is 35.2 Å². The SMILES string of the molecule is O=C(CSc1ccc(F)cc1)OCc1nc2ccsc2c(=O)[nH]1. The number of thiophene rings is 1. The number of hydrogen-bond acceptors (Lipinski definition) is 6. The second kappa shape index (κ2) is 6.93. The molecule has 0 bridgehead atoms. The van der Waals surface area contributed by atoms with E-state index >= 15 is 0 Å². The third kappa shape index (κ3) is 3.96. The third-order valence-electron chi connectivity index (χ3n) is 2.90. The van der Waals surface area contributed by atoms with E-state index < -0.39 is 5.97 Å². The Hall–Kier alpha value is -2.19. The molecule has 1 N–H and O–H groups in total. The minimum absolute atomic E-state index is 0.0934. The van der Waals surface area contributed by atoms with Gasteiger partial charge in [-0.1, -0.05) is 0 Å². The maximum absolute atomic E-state index is 12.8. The number of hydrogen-bond donors (Lipinski definition) is 1. The van der Waals surface area contributed by atoms with Crippen LogP contribution in [0.1, 0.15) is 5.82 Å². The van der Waals surface area contributed by atoms with Crippen LogP contribution in [-0.2, 0) is 16.1 Å².